The number of halogens is 3. The number of nitrogens with zero attached hydrogens (tertiary/aromatic N) is 4. The standard InChI is InChI=1S/C19H19F3N6O/c20-19(21,22)13-5-7-14(8-6-13)24-16-4-2-1-3-15(16)17-25-27-28(26-17)12-18(29)9-10-23-11-18/h1-8,23-24,29H,9-12H2. The van der Waals surface area contributed by atoms with Crippen LogP contribution in [-0.2, 0) is 12.7 Å². The van der Waals surface area contributed by atoms with E-state index < -0.39 is 17.3 Å². The van der Waals surface area contributed by atoms with Crippen LogP contribution in [0.5, 0.6) is 0 Å². The van der Waals surface area contributed by atoms with E-state index >= 15 is 0 Å². The Bertz CT molecular complexity index is 980. The summed E-state index contributed by atoms with van der Waals surface area (Å²) in [6.07, 6.45) is -3.77. The maximum absolute atomic E-state index is 12.7. The minimum Gasteiger partial charge on any atom is -0.386 e. The molecule has 4 rings (SSSR count). The van der Waals surface area contributed by atoms with Crippen LogP contribution in [0.15, 0.2) is 48.5 Å². The van der Waals surface area contributed by atoms with Crippen LogP contribution in [0.2, 0.25) is 0 Å². The van der Waals surface area contributed by atoms with Gasteiger partial charge in [-0.05, 0) is 54.6 Å². The molecule has 0 aliphatic carbocycles. The summed E-state index contributed by atoms with van der Waals surface area (Å²) in [7, 11) is 0. The van der Waals surface area contributed by atoms with Gasteiger partial charge in [0.25, 0.3) is 0 Å². The quantitative estimate of drug-likeness (QED) is 0.606. The molecule has 3 aromatic rings. The lowest BCUT2D eigenvalue weighted by Crippen LogP contribution is -2.37. The van der Waals surface area contributed by atoms with Crippen molar-refractivity contribution in [3.63, 3.8) is 0 Å². The molecular formula is C19H19F3N6O. The molecule has 10 heteroatoms. The molecule has 0 bridgehead atoms. The van der Waals surface area contributed by atoms with Crippen LogP contribution in [0.3, 0.4) is 0 Å². The Morgan fingerprint density at radius 2 is 1.90 bits per heavy atom. The molecular weight excluding hydrogens is 385 g/mol. The molecule has 1 saturated heterocycles. The van der Waals surface area contributed by atoms with Gasteiger partial charge in [-0.2, -0.15) is 18.0 Å². The minimum atomic E-state index is -4.38. The lowest BCUT2D eigenvalue weighted by atomic mass is 10.0. The van der Waals surface area contributed by atoms with Crippen molar-refractivity contribution in [1.29, 1.82) is 0 Å². The van der Waals surface area contributed by atoms with Crippen molar-refractivity contribution >= 4 is 11.4 Å². The Morgan fingerprint density at radius 1 is 1.14 bits per heavy atom. The van der Waals surface area contributed by atoms with Crippen molar-refractivity contribution in [2.24, 2.45) is 0 Å². The third-order valence-electron chi connectivity index (χ3n) is 4.77. The number of hydrogen-bond donors (Lipinski definition) is 3. The van der Waals surface area contributed by atoms with Gasteiger partial charge < -0.3 is 15.7 Å². The number of aliphatic hydroxyl groups is 1. The smallest absolute Gasteiger partial charge is 0.386 e. The van der Waals surface area contributed by atoms with Crippen LogP contribution < -0.4 is 10.6 Å². The monoisotopic (exact) mass is 404 g/mol. The maximum atomic E-state index is 12.7. The molecule has 152 valence electrons. The predicted octanol–water partition coefficient (Wildman–Crippen LogP) is 2.83. The molecule has 29 heavy (non-hydrogen) atoms. The number of benzene rings is 2. The van der Waals surface area contributed by atoms with E-state index in [0.717, 1.165) is 18.7 Å². The largest absolute Gasteiger partial charge is 0.416 e. The van der Waals surface area contributed by atoms with Crippen LogP contribution >= 0.6 is 0 Å². The van der Waals surface area contributed by atoms with Gasteiger partial charge in [-0.3, -0.25) is 0 Å². The Morgan fingerprint density at radius 3 is 2.59 bits per heavy atom. The summed E-state index contributed by atoms with van der Waals surface area (Å²) >= 11 is 0. The molecule has 0 radical (unpaired) electrons. The van der Waals surface area contributed by atoms with Crippen LogP contribution in [0.4, 0.5) is 24.5 Å². The van der Waals surface area contributed by atoms with E-state index in [0.29, 0.717) is 35.7 Å². The van der Waals surface area contributed by atoms with E-state index in [2.05, 4.69) is 26.0 Å². The van der Waals surface area contributed by atoms with E-state index in [-0.39, 0.29) is 6.54 Å². The van der Waals surface area contributed by atoms with Crippen LogP contribution in [0.25, 0.3) is 11.4 Å². The third-order valence-corrected chi connectivity index (χ3v) is 4.77. The zero-order valence-electron chi connectivity index (χ0n) is 15.3. The fourth-order valence-electron chi connectivity index (χ4n) is 3.23. The van der Waals surface area contributed by atoms with Gasteiger partial charge in [-0.25, -0.2) is 0 Å². The number of β-amino-alcohol motifs (C(OH)–C–C–N with tert-alkyl or cyclic N) is 1. The second-order valence-electron chi connectivity index (χ2n) is 7.04. The number of tetrazole rings is 1. The Balaban J connectivity index is 1.54. The highest BCUT2D eigenvalue weighted by atomic mass is 19.4. The second kappa shape index (κ2) is 7.45. The fraction of sp³-hybridized carbons (Fsp3) is 0.316. The highest BCUT2D eigenvalue weighted by molar-refractivity contribution is 5.77. The number of aromatic nitrogens is 4. The number of alkyl halides is 3. The highest BCUT2D eigenvalue weighted by Gasteiger charge is 2.32. The summed E-state index contributed by atoms with van der Waals surface area (Å²) in [6.45, 7) is 1.43. The second-order valence-corrected chi connectivity index (χ2v) is 7.04. The molecule has 1 fully saturated rings. The summed E-state index contributed by atoms with van der Waals surface area (Å²) in [4.78, 5) is 1.36. The summed E-state index contributed by atoms with van der Waals surface area (Å²) in [6, 6.07) is 12.0. The first-order chi connectivity index (χ1) is 13.8. The number of anilines is 2. The Kier molecular flexibility index (Phi) is 4.97. The molecule has 0 amide bonds. The van der Waals surface area contributed by atoms with Crippen molar-refractivity contribution in [3.8, 4) is 11.4 Å². The van der Waals surface area contributed by atoms with Crippen LogP contribution in [-0.4, -0.2) is 44.0 Å². The molecule has 2 heterocycles. The summed E-state index contributed by atoms with van der Waals surface area (Å²) in [5, 5.41) is 29.1. The van der Waals surface area contributed by atoms with E-state index in [1.54, 1.807) is 18.2 Å². The number of rotatable bonds is 5. The average molecular weight is 404 g/mol. The maximum Gasteiger partial charge on any atom is 0.416 e. The van der Waals surface area contributed by atoms with Gasteiger partial charge in [0.1, 0.15) is 0 Å². The van der Waals surface area contributed by atoms with Gasteiger partial charge in [-0.1, -0.05) is 12.1 Å². The van der Waals surface area contributed by atoms with Crippen molar-refractivity contribution in [3.05, 3.63) is 54.1 Å². The van der Waals surface area contributed by atoms with Gasteiger partial charge in [0.15, 0.2) is 0 Å². The lowest BCUT2D eigenvalue weighted by Gasteiger charge is -2.19. The molecule has 1 aliphatic heterocycles. The first-order valence-electron chi connectivity index (χ1n) is 9.07. The minimum absolute atomic E-state index is 0.224. The number of nitrogens with one attached hydrogen (secondary N) is 2. The van der Waals surface area contributed by atoms with E-state index in [9.17, 15) is 18.3 Å². The normalized spacial score (nSPS) is 19.4. The number of para-hydroxylation sites is 1. The lowest BCUT2D eigenvalue weighted by molar-refractivity contribution is -0.137. The third kappa shape index (κ3) is 4.38. The molecule has 1 atom stereocenters. The van der Waals surface area contributed by atoms with E-state index in [1.165, 1.54) is 16.9 Å². The summed E-state index contributed by atoms with van der Waals surface area (Å²) in [5.41, 5.74) is 0.170. The van der Waals surface area contributed by atoms with Crippen LogP contribution in [0.1, 0.15) is 12.0 Å². The van der Waals surface area contributed by atoms with Gasteiger partial charge in [0.2, 0.25) is 5.82 Å². The first-order valence-corrected chi connectivity index (χ1v) is 9.07. The molecule has 1 aliphatic rings. The Hall–Kier alpha value is -2.98. The summed E-state index contributed by atoms with van der Waals surface area (Å²) in [5.74, 6) is 0.356. The summed E-state index contributed by atoms with van der Waals surface area (Å²) < 4.78 is 38.2. The molecule has 0 spiro atoms. The zero-order chi connectivity index (χ0) is 20.5. The zero-order valence-corrected chi connectivity index (χ0v) is 15.3. The SMILES string of the molecule is OC1(Cn2nnc(-c3ccccc3Nc3ccc(C(F)(F)F)cc3)n2)CCNC1. The van der Waals surface area contributed by atoms with Crippen molar-refractivity contribution in [2.75, 3.05) is 18.4 Å². The fourth-order valence-corrected chi connectivity index (χ4v) is 3.23. The van der Waals surface area contributed by atoms with Crippen molar-refractivity contribution in [2.45, 2.75) is 24.7 Å². The van der Waals surface area contributed by atoms with Gasteiger partial charge >= 0.3 is 6.18 Å². The highest BCUT2D eigenvalue weighted by Crippen LogP contribution is 2.32. The van der Waals surface area contributed by atoms with E-state index in [4.69, 9.17) is 0 Å². The molecule has 0 saturated carbocycles. The van der Waals surface area contributed by atoms with Crippen LogP contribution in [0, 0.1) is 0 Å². The predicted molar refractivity (Wildman–Crippen MR) is 100 cm³/mol. The number of hydrogen-bond acceptors (Lipinski definition) is 6. The first kappa shape index (κ1) is 19.3. The molecule has 7 nitrogen and oxygen atoms in total. The van der Waals surface area contributed by atoms with Gasteiger partial charge in [-0.15, -0.1) is 10.2 Å². The van der Waals surface area contributed by atoms with Gasteiger partial charge in [0, 0.05) is 23.5 Å². The average Bonchev–Trinajstić information content (AvgIpc) is 3.31. The molecule has 1 unspecified atom stereocenters. The molecule has 3 N–H and O–H groups in total. The molecule has 1 aromatic heterocycles. The topological polar surface area (TPSA) is 87.9 Å². The Labute approximate surface area is 164 Å². The van der Waals surface area contributed by atoms with E-state index in [1.807, 2.05) is 6.07 Å². The van der Waals surface area contributed by atoms with Gasteiger partial charge in [0.05, 0.1) is 17.7 Å². The van der Waals surface area contributed by atoms with Crippen molar-refractivity contribution in [1.82, 2.24) is 25.5 Å². The molecule has 2 aromatic carbocycles. The van der Waals surface area contributed by atoms with Crippen molar-refractivity contribution < 1.29 is 18.3 Å².